The molecule has 4 amide bonds. The quantitative estimate of drug-likeness (QED) is 0.654. The molecule has 1 saturated heterocycles. The molecule has 0 saturated carbocycles. The smallest absolute Gasteiger partial charge is 0.288 e. The van der Waals surface area contributed by atoms with E-state index in [0.29, 0.717) is 0 Å². The molecule has 3 rings (SSSR count). The van der Waals surface area contributed by atoms with E-state index in [1.54, 1.807) is 0 Å². The zero-order valence-corrected chi connectivity index (χ0v) is 17.1. The fourth-order valence-corrected chi connectivity index (χ4v) is 3.53. The number of carbonyl (C=O) groups is 4. The number of amides is 4. The van der Waals surface area contributed by atoms with Crippen LogP contribution >= 0.6 is 11.6 Å². The molecule has 32 heavy (non-hydrogen) atoms. The number of ketones is 1. The summed E-state index contributed by atoms with van der Waals surface area (Å²) in [6.07, 6.45) is -5.55. The van der Waals surface area contributed by atoms with Crippen molar-refractivity contribution in [1.29, 1.82) is 0 Å². The third kappa shape index (κ3) is 4.22. The van der Waals surface area contributed by atoms with E-state index in [-0.39, 0.29) is 26.2 Å². The number of carbonyl (C=O) groups excluding carboxylic acids is 4. The second-order valence-corrected chi connectivity index (χ2v) is 8.44. The van der Waals surface area contributed by atoms with Crippen LogP contribution in [-0.4, -0.2) is 38.2 Å². The number of hydrogen-bond donors (Lipinski definition) is 1. The summed E-state index contributed by atoms with van der Waals surface area (Å²) in [6.45, 7) is 0. The summed E-state index contributed by atoms with van der Waals surface area (Å²) in [4.78, 5) is 50.3. The second kappa shape index (κ2) is 8.00. The van der Waals surface area contributed by atoms with Crippen LogP contribution in [0.1, 0.15) is 0 Å². The largest absolute Gasteiger partial charge is 0.451 e. The Labute approximate surface area is 183 Å². The number of rotatable bonds is 4. The van der Waals surface area contributed by atoms with E-state index in [1.807, 2.05) is 0 Å². The third-order valence-corrected chi connectivity index (χ3v) is 5.55. The van der Waals surface area contributed by atoms with Gasteiger partial charge < -0.3 is 0 Å². The molecule has 2 aromatic rings. The number of anilines is 2. The number of barbiturate groups is 1. The van der Waals surface area contributed by atoms with Crippen molar-refractivity contribution >= 4 is 56.6 Å². The van der Waals surface area contributed by atoms with Gasteiger partial charge in [0.1, 0.15) is 0 Å². The number of nitrogens with two attached hydrogens (primary N) is 1. The molecule has 0 spiro atoms. The summed E-state index contributed by atoms with van der Waals surface area (Å²) < 4.78 is 62.1. The summed E-state index contributed by atoms with van der Waals surface area (Å²) in [5.41, 5.74) is -0.637. The number of benzene rings is 2. The molecular formula is C18H11ClF3N3O6S. The van der Waals surface area contributed by atoms with Crippen LogP contribution in [0, 0.1) is 5.92 Å². The first-order chi connectivity index (χ1) is 14.7. The molecule has 14 heteroatoms. The Kier molecular flexibility index (Phi) is 5.84. The van der Waals surface area contributed by atoms with Gasteiger partial charge in [0.15, 0.2) is 5.92 Å². The SMILES string of the molecule is NS(=O)(=O)c1ccc(N2C(=O)C(C(=O)C(F)(F)F)C(=O)N(c3ccc(Cl)cc3)C2=O)cc1. The van der Waals surface area contributed by atoms with Gasteiger partial charge in [-0.15, -0.1) is 0 Å². The molecule has 1 unspecified atom stereocenters. The molecule has 0 aliphatic carbocycles. The summed E-state index contributed by atoms with van der Waals surface area (Å²) in [7, 11) is -4.16. The summed E-state index contributed by atoms with van der Waals surface area (Å²) in [5.74, 6) is -8.98. The lowest BCUT2D eigenvalue weighted by molar-refractivity contribution is -0.177. The minimum Gasteiger partial charge on any atom is -0.288 e. The normalized spacial score (nSPS) is 17.7. The van der Waals surface area contributed by atoms with Gasteiger partial charge >= 0.3 is 12.2 Å². The van der Waals surface area contributed by atoms with E-state index in [9.17, 15) is 40.8 Å². The Morgan fingerprint density at radius 1 is 0.875 bits per heavy atom. The average molecular weight is 490 g/mol. The minimum absolute atomic E-state index is 0.178. The van der Waals surface area contributed by atoms with Crippen molar-refractivity contribution in [3.63, 3.8) is 0 Å². The minimum atomic E-state index is -5.55. The topological polar surface area (TPSA) is 135 Å². The van der Waals surface area contributed by atoms with Gasteiger partial charge in [0.2, 0.25) is 10.0 Å². The molecule has 168 valence electrons. The molecule has 0 radical (unpaired) electrons. The van der Waals surface area contributed by atoms with Gasteiger partial charge in [0, 0.05) is 5.02 Å². The summed E-state index contributed by atoms with van der Waals surface area (Å²) >= 11 is 5.75. The van der Waals surface area contributed by atoms with Crippen molar-refractivity contribution in [2.45, 2.75) is 11.1 Å². The fourth-order valence-electron chi connectivity index (χ4n) is 2.89. The van der Waals surface area contributed by atoms with Crippen LogP contribution in [0.5, 0.6) is 0 Å². The van der Waals surface area contributed by atoms with Gasteiger partial charge in [0.25, 0.3) is 17.6 Å². The number of Topliss-reactive ketones (excluding diaryl/α,β-unsaturated/α-hetero) is 1. The maximum atomic E-state index is 13.1. The van der Waals surface area contributed by atoms with Gasteiger partial charge in [-0.3, -0.25) is 14.4 Å². The summed E-state index contributed by atoms with van der Waals surface area (Å²) in [5, 5.41) is 5.15. The predicted molar refractivity (Wildman–Crippen MR) is 104 cm³/mol. The maximum Gasteiger partial charge on any atom is 0.451 e. The van der Waals surface area contributed by atoms with Gasteiger partial charge in [-0.1, -0.05) is 11.6 Å². The summed E-state index contributed by atoms with van der Waals surface area (Å²) in [6, 6.07) is 6.98. The van der Waals surface area contributed by atoms with Crippen LogP contribution in [0.15, 0.2) is 53.4 Å². The van der Waals surface area contributed by atoms with E-state index in [1.165, 1.54) is 12.1 Å². The molecule has 1 heterocycles. The maximum absolute atomic E-state index is 13.1. The number of nitrogens with zero attached hydrogens (tertiary/aromatic N) is 2. The Morgan fingerprint density at radius 3 is 1.66 bits per heavy atom. The van der Waals surface area contributed by atoms with Crippen molar-refractivity contribution in [3.8, 4) is 0 Å². The van der Waals surface area contributed by atoms with Crippen LogP contribution < -0.4 is 14.9 Å². The highest BCUT2D eigenvalue weighted by Gasteiger charge is 2.57. The first-order valence-electron chi connectivity index (χ1n) is 8.45. The highest BCUT2D eigenvalue weighted by atomic mass is 35.5. The molecule has 1 aliphatic heterocycles. The first-order valence-corrected chi connectivity index (χ1v) is 10.4. The number of sulfonamides is 1. The Hall–Kier alpha value is -3.29. The van der Waals surface area contributed by atoms with E-state index in [0.717, 1.165) is 36.4 Å². The zero-order chi connectivity index (χ0) is 24.0. The molecule has 1 aliphatic rings. The average Bonchev–Trinajstić information content (AvgIpc) is 2.68. The van der Waals surface area contributed by atoms with Crippen molar-refractivity contribution in [2.75, 3.05) is 9.80 Å². The molecular weight excluding hydrogens is 479 g/mol. The van der Waals surface area contributed by atoms with Crippen molar-refractivity contribution in [2.24, 2.45) is 11.1 Å². The van der Waals surface area contributed by atoms with Crippen LogP contribution in [0.25, 0.3) is 0 Å². The zero-order valence-electron chi connectivity index (χ0n) is 15.5. The van der Waals surface area contributed by atoms with E-state index >= 15 is 0 Å². The standard InChI is InChI=1S/C18H11ClF3N3O6S/c19-9-1-3-10(4-2-9)24-15(27)13(14(26)18(20,21)22)16(28)25(17(24)29)11-5-7-12(8-6-11)32(23,30)31/h1-8,13H,(H2,23,30,31). The molecule has 0 bridgehead atoms. The van der Waals surface area contributed by atoms with E-state index in [2.05, 4.69) is 0 Å². The monoisotopic (exact) mass is 489 g/mol. The Morgan fingerprint density at radius 2 is 1.28 bits per heavy atom. The molecule has 2 aromatic carbocycles. The van der Waals surface area contributed by atoms with E-state index < -0.39 is 50.6 Å². The predicted octanol–water partition coefficient (Wildman–Crippen LogP) is 2.23. The molecule has 1 atom stereocenters. The fraction of sp³-hybridized carbons (Fsp3) is 0.111. The van der Waals surface area contributed by atoms with Crippen LogP contribution in [0.4, 0.5) is 29.3 Å². The van der Waals surface area contributed by atoms with Crippen molar-refractivity contribution in [1.82, 2.24) is 0 Å². The third-order valence-electron chi connectivity index (χ3n) is 4.37. The van der Waals surface area contributed by atoms with Gasteiger partial charge in [-0.05, 0) is 48.5 Å². The molecule has 9 nitrogen and oxygen atoms in total. The number of imide groups is 2. The number of alkyl halides is 3. The van der Waals surface area contributed by atoms with Crippen LogP contribution in [0.3, 0.4) is 0 Å². The lowest BCUT2D eigenvalue weighted by atomic mass is 9.96. The van der Waals surface area contributed by atoms with Crippen LogP contribution in [0.2, 0.25) is 5.02 Å². The number of halogens is 4. The first kappa shape index (κ1) is 23.4. The van der Waals surface area contributed by atoms with Crippen molar-refractivity contribution in [3.05, 3.63) is 53.6 Å². The highest BCUT2D eigenvalue weighted by molar-refractivity contribution is 7.89. The second-order valence-electron chi connectivity index (χ2n) is 6.44. The number of primary sulfonamides is 1. The molecule has 2 N–H and O–H groups in total. The number of hydrogen-bond acceptors (Lipinski definition) is 6. The van der Waals surface area contributed by atoms with Gasteiger partial charge in [-0.25, -0.2) is 28.2 Å². The Balaban J connectivity index is 2.16. The van der Waals surface area contributed by atoms with Crippen LogP contribution in [-0.2, 0) is 24.4 Å². The lowest BCUT2D eigenvalue weighted by Gasteiger charge is -2.36. The highest BCUT2D eigenvalue weighted by Crippen LogP contribution is 2.33. The van der Waals surface area contributed by atoms with E-state index in [4.69, 9.17) is 16.7 Å². The van der Waals surface area contributed by atoms with Gasteiger partial charge in [-0.2, -0.15) is 13.2 Å². The molecule has 1 fully saturated rings. The van der Waals surface area contributed by atoms with Gasteiger partial charge in [0.05, 0.1) is 16.3 Å². The Bertz CT molecular complexity index is 1230. The number of urea groups is 1. The molecule has 0 aromatic heterocycles. The lowest BCUT2D eigenvalue weighted by Crippen LogP contribution is -2.63. The van der Waals surface area contributed by atoms with Crippen molar-refractivity contribution < 1.29 is 40.8 Å².